The summed E-state index contributed by atoms with van der Waals surface area (Å²) in [6, 6.07) is 13.6. The summed E-state index contributed by atoms with van der Waals surface area (Å²) >= 11 is 3.14. The number of benzene rings is 2. The summed E-state index contributed by atoms with van der Waals surface area (Å²) in [7, 11) is 1.62. The molecule has 0 aromatic heterocycles. The first-order valence-corrected chi connectivity index (χ1v) is 11.2. The molecule has 0 radical (unpaired) electrons. The van der Waals surface area contributed by atoms with Gasteiger partial charge in [-0.05, 0) is 47.5 Å². The zero-order chi connectivity index (χ0) is 20.2. The maximum Gasteiger partial charge on any atom is 0.253 e. The number of carbonyl (C=O) groups excluding carboxylic acids is 1. The Kier molecular flexibility index (Phi) is 6.20. The van der Waals surface area contributed by atoms with Crippen molar-refractivity contribution in [2.45, 2.75) is 12.5 Å². The Bertz CT molecular complexity index is 945. The summed E-state index contributed by atoms with van der Waals surface area (Å²) in [6.45, 7) is 0.808. The van der Waals surface area contributed by atoms with Gasteiger partial charge in [0.05, 0.1) is 31.2 Å². The number of carbonyl (C=O) groups is 1. The van der Waals surface area contributed by atoms with E-state index in [0.717, 1.165) is 39.3 Å². The normalized spacial score (nSPS) is 18.6. The van der Waals surface area contributed by atoms with Gasteiger partial charge in [0.25, 0.3) is 5.91 Å². The molecule has 1 unspecified atom stereocenters. The van der Waals surface area contributed by atoms with Crippen LogP contribution in [-0.2, 0) is 4.79 Å². The number of hydrogen-bond acceptors (Lipinski definition) is 6. The highest BCUT2D eigenvalue weighted by molar-refractivity contribution is 8.39. The van der Waals surface area contributed by atoms with Crippen LogP contribution in [0.4, 0.5) is 4.39 Å². The molecule has 150 valence electrons. The van der Waals surface area contributed by atoms with Crippen LogP contribution in [0.15, 0.2) is 58.6 Å². The number of methoxy groups -OCH3 is 1. The van der Waals surface area contributed by atoms with Crippen LogP contribution in [0.5, 0.6) is 5.75 Å². The largest absolute Gasteiger partial charge is 0.497 e. The summed E-state index contributed by atoms with van der Waals surface area (Å²) in [5.41, 5.74) is 2.63. The number of hydrogen-bond donors (Lipinski definition) is 0. The average Bonchev–Trinajstić information content (AvgIpc) is 3.43. The molecule has 1 amide bonds. The maximum absolute atomic E-state index is 13.4. The van der Waals surface area contributed by atoms with E-state index in [0.29, 0.717) is 6.42 Å². The molecule has 1 atom stereocenters. The second-order valence-corrected chi connectivity index (χ2v) is 8.88. The van der Waals surface area contributed by atoms with Gasteiger partial charge in [-0.1, -0.05) is 35.7 Å². The molecule has 0 spiro atoms. The van der Waals surface area contributed by atoms with Gasteiger partial charge >= 0.3 is 0 Å². The molecule has 2 aromatic carbocycles. The molecule has 2 aromatic rings. The molecule has 0 bridgehead atoms. The van der Waals surface area contributed by atoms with Crippen LogP contribution in [0.2, 0.25) is 0 Å². The van der Waals surface area contributed by atoms with E-state index < -0.39 is 0 Å². The molecule has 2 aliphatic rings. The number of thioether (sulfide) groups is 2. The number of aliphatic imine (C=N–C) groups is 1. The van der Waals surface area contributed by atoms with E-state index >= 15 is 0 Å². The molecule has 0 fully saturated rings. The number of amides is 1. The molecular formula is C21H20FN3O2S2. The first-order chi connectivity index (χ1) is 14.1. The number of ether oxygens (including phenoxy) is 1. The number of halogens is 1. The van der Waals surface area contributed by atoms with Crippen LogP contribution >= 0.6 is 23.5 Å². The molecule has 0 saturated heterocycles. The first-order valence-electron chi connectivity index (χ1n) is 9.23. The van der Waals surface area contributed by atoms with E-state index in [1.807, 2.05) is 24.3 Å². The van der Waals surface area contributed by atoms with Gasteiger partial charge in [-0.25, -0.2) is 9.40 Å². The van der Waals surface area contributed by atoms with Gasteiger partial charge in [-0.3, -0.25) is 9.79 Å². The molecule has 2 heterocycles. The van der Waals surface area contributed by atoms with Crippen molar-refractivity contribution >= 4 is 39.5 Å². The van der Waals surface area contributed by atoms with Gasteiger partial charge in [0.2, 0.25) is 0 Å². The summed E-state index contributed by atoms with van der Waals surface area (Å²) in [5, 5.41) is 6.19. The molecular weight excluding hydrogens is 409 g/mol. The smallest absolute Gasteiger partial charge is 0.253 e. The molecule has 4 rings (SSSR count). The van der Waals surface area contributed by atoms with Gasteiger partial charge in [0.1, 0.15) is 15.9 Å². The van der Waals surface area contributed by atoms with Crippen LogP contribution in [0, 0.1) is 5.82 Å². The Balaban J connectivity index is 1.57. The lowest BCUT2D eigenvalue weighted by atomic mass is 9.98. The minimum atomic E-state index is -0.298. The van der Waals surface area contributed by atoms with E-state index in [-0.39, 0.29) is 23.5 Å². The summed E-state index contributed by atoms with van der Waals surface area (Å²) in [6.07, 6.45) is 0.573. The predicted molar refractivity (Wildman–Crippen MR) is 117 cm³/mol. The average molecular weight is 430 g/mol. The molecule has 8 heteroatoms. The van der Waals surface area contributed by atoms with E-state index in [1.54, 1.807) is 36.0 Å². The standard InChI is InChI=1S/C21H20FN3O2S2/c1-27-17-8-4-14(5-9-17)18-12-19(15-2-6-16(22)7-3-15)25(24-18)20(26)13-29-21-23-10-11-28-21/h2-9,19H,10-13H2,1H3. The Morgan fingerprint density at radius 1 is 1.24 bits per heavy atom. The van der Waals surface area contributed by atoms with Crippen molar-refractivity contribution in [3.05, 3.63) is 65.5 Å². The van der Waals surface area contributed by atoms with Gasteiger partial charge in [0, 0.05) is 12.2 Å². The highest BCUT2D eigenvalue weighted by Gasteiger charge is 2.33. The highest BCUT2D eigenvalue weighted by Crippen LogP contribution is 2.34. The maximum atomic E-state index is 13.4. The SMILES string of the molecule is COc1ccc(C2=NN(C(=O)CSC3=NCCS3)C(c3ccc(F)cc3)C2)cc1. The third-order valence-corrected chi connectivity index (χ3v) is 6.96. The first kappa shape index (κ1) is 20.0. The summed E-state index contributed by atoms with van der Waals surface area (Å²) in [5.74, 6) is 1.64. The van der Waals surface area contributed by atoms with E-state index in [2.05, 4.69) is 10.1 Å². The minimum absolute atomic E-state index is 0.0805. The molecule has 0 aliphatic carbocycles. The third kappa shape index (κ3) is 4.64. The fourth-order valence-electron chi connectivity index (χ4n) is 3.24. The monoisotopic (exact) mass is 429 g/mol. The zero-order valence-corrected chi connectivity index (χ0v) is 17.5. The fraction of sp³-hybridized carbons (Fsp3) is 0.286. The van der Waals surface area contributed by atoms with Crippen LogP contribution in [0.1, 0.15) is 23.6 Å². The molecule has 2 aliphatic heterocycles. The number of nitrogens with zero attached hydrogens (tertiary/aromatic N) is 3. The van der Waals surface area contributed by atoms with Crippen molar-refractivity contribution in [3.8, 4) is 5.75 Å². The van der Waals surface area contributed by atoms with Gasteiger partial charge in [0.15, 0.2) is 0 Å². The summed E-state index contributed by atoms with van der Waals surface area (Å²) < 4.78 is 19.6. The number of hydrazone groups is 1. The molecule has 29 heavy (non-hydrogen) atoms. The van der Waals surface area contributed by atoms with Crippen molar-refractivity contribution in [3.63, 3.8) is 0 Å². The quantitative estimate of drug-likeness (QED) is 0.709. The second-order valence-electron chi connectivity index (χ2n) is 6.57. The van der Waals surface area contributed by atoms with Crippen molar-refractivity contribution in [2.24, 2.45) is 10.1 Å². The lowest BCUT2D eigenvalue weighted by Crippen LogP contribution is -2.28. The Hall–Kier alpha value is -2.32. The van der Waals surface area contributed by atoms with Crippen LogP contribution in [-0.4, -0.2) is 46.2 Å². The van der Waals surface area contributed by atoms with Crippen molar-refractivity contribution in [1.82, 2.24) is 5.01 Å². The van der Waals surface area contributed by atoms with Crippen LogP contribution in [0.25, 0.3) is 0 Å². The third-order valence-electron chi connectivity index (χ3n) is 4.72. The van der Waals surface area contributed by atoms with E-state index in [4.69, 9.17) is 4.74 Å². The second kappa shape index (κ2) is 9.00. The van der Waals surface area contributed by atoms with Crippen molar-refractivity contribution in [2.75, 3.05) is 25.2 Å². The predicted octanol–water partition coefficient (Wildman–Crippen LogP) is 4.35. The fourth-order valence-corrected chi connectivity index (χ4v) is 5.10. The summed E-state index contributed by atoms with van der Waals surface area (Å²) in [4.78, 5) is 17.4. The van der Waals surface area contributed by atoms with Crippen molar-refractivity contribution < 1.29 is 13.9 Å². The van der Waals surface area contributed by atoms with Crippen LogP contribution in [0.3, 0.4) is 0 Å². The Morgan fingerprint density at radius 2 is 2.00 bits per heavy atom. The van der Waals surface area contributed by atoms with Gasteiger partial charge in [-0.15, -0.1) is 0 Å². The van der Waals surface area contributed by atoms with Crippen LogP contribution < -0.4 is 4.74 Å². The Labute approximate surface area is 177 Å². The van der Waals surface area contributed by atoms with E-state index in [9.17, 15) is 9.18 Å². The lowest BCUT2D eigenvalue weighted by molar-refractivity contribution is -0.130. The lowest BCUT2D eigenvalue weighted by Gasteiger charge is -2.22. The topological polar surface area (TPSA) is 54.3 Å². The van der Waals surface area contributed by atoms with Gasteiger partial charge in [-0.2, -0.15) is 5.10 Å². The van der Waals surface area contributed by atoms with Crippen molar-refractivity contribution in [1.29, 1.82) is 0 Å². The van der Waals surface area contributed by atoms with E-state index in [1.165, 1.54) is 23.9 Å². The molecule has 0 saturated carbocycles. The minimum Gasteiger partial charge on any atom is -0.497 e. The zero-order valence-electron chi connectivity index (χ0n) is 15.9. The molecule has 5 nitrogen and oxygen atoms in total. The molecule has 0 N–H and O–H groups in total. The Morgan fingerprint density at radius 3 is 2.66 bits per heavy atom. The van der Waals surface area contributed by atoms with Gasteiger partial charge < -0.3 is 4.74 Å². The number of rotatable bonds is 5. The highest BCUT2D eigenvalue weighted by atomic mass is 32.2.